The maximum absolute atomic E-state index is 2.51. The van der Waals surface area contributed by atoms with Gasteiger partial charge in [-0.25, -0.2) is 0 Å². The number of benzene rings is 1. The highest BCUT2D eigenvalue weighted by Gasteiger charge is 2.12. The third kappa shape index (κ3) is 2.31. The van der Waals surface area contributed by atoms with Crippen molar-refractivity contribution >= 4 is 17.4 Å². The number of anilines is 1. The van der Waals surface area contributed by atoms with Gasteiger partial charge in [0, 0.05) is 30.3 Å². The molecule has 0 saturated carbocycles. The molecule has 0 aromatic heterocycles. The van der Waals surface area contributed by atoms with E-state index in [1.165, 1.54) is 47.0 Å². The van der Waals surface area contributed by atoms with E-state index in [1.807, 2.05) is 0 Å². The Morgan fingerprint density at radius 3 is 2.07 bits per heavy atom. The van der Waals surface area contributed by atoms with Crippen LogP contribution >= 0.6 is 11.8 Å². The molecule has 1 fully saturated rings. The van der Waals surface area contributed by atoms with E-state index >= 15 is 0 Å². The largest absolute Gasteiger partial charge is 0.370 e. The normalized spacial score (nSPS) is 16.9. The topological polar surface area (TPSA) is 3.24 Å². The van der Waals surface area contributed by atoms with E-state index in [9.17, 15) is 0 Å². The molecular weight excluding hydrogens is 202 g/mol. The predicted molar refractivity (Wildman–Crippen MR) is 70.2 cm³/mol. The van der Waals surface area contributed by atoms with E-state index in [0.29, 0.717) is 0 Å². The first-order valence-electron chi connectivity index (χ1n) is 5.59. The van der Waals surface area contributed by atoms with Crippen molar-refractivity contribution in [2.45, 2.75) is 20.8 Å². The van der Waals surface area contributed by atoms with Crippen LogP contribution in [0.5, 0.6) is 0 Å². The molecule has 2 heteroatoms. The number of aryl methyl sites for hydroxylation is 2. The fourth-order valence-corrected chi connectivity index (χ4v) is 2.92. The van der Waals surface area contributed by atoms with Gasteiger partial charge in [-0.1, -0.05) is 0 Å². The third-order valence-corrected chi connectivity index (χ3v) is 4.23. The first-order valence-corrected chi connectivity index (χ1v) is 6.74. The van der Waals surface area contributed by atoms with Crippen molar-refractivity contribution in [1.29, 1.82) is 0 Å². The number of thioether (sulfide) groups is 1. The van der Waals surface area contributed by atoms with Crippen LogP contribution in [-0.2, 0) is 0 Å². The van der Waals surface area contributed by atoms with Crippen LogP contribution in [0.2, 0.25) is 0 Å². The molecule has 1 aromatic rings. The zero-order valence-corrected chi connectivity index (χ0v) is 10.7. The Labute approximate surface area is 96.9 Å². The minimum Gasteiger partial charge on any atom is -0.370 e. The fourth-order valence-electron chi connectivity index (χ4n) is 2.02. The second-order valence-corrected chi connectivity index (χ2v) is 5.53. The Hall–Kier alpha value is -0.630. The second kappa shape index (κ2) is 4.48. The van der Waals surface area contributed by atoms with Crippen LogP contribution in [0.4, 0.5) is 5.69 Å². The predicted octanol–water partition coefficient (Wildman–Crippen LogP) is 3.17. The minimum atomic E-state index is 1.20. The van der Waals surface area contributed by atoms with E-state index in [4.69, 9.17) is 0 Å². The molecule has 0 aliphatic carbocycles. The lowest BCUT2D eigenvalue weighted by Gasteiger charge is -2.29. The van der Waals surface area contributed by atoms with Gasteiger partial charge in [-0.2, -0.15) is 11.8 Å². The fraction of sp³-hybridized carbons (Fsp3) is 0.538. The van der Waals surface area contributed by atoms with Gasteiger partial charge in [0.1, 0.15) is 0 Å². The van der Waals surface area contributed by atoms with Gasteiger partial charge in [-0.05, 0) is 49.6 Å². The first kappa shape index (κ1) is 10.9. The van der Waals surface area contributed by atoms with E-state index in [1.54, 1.807) is 0 Å². The number of hydrogen-bond acceptors (Lipinski definition) is 2. The molecule has 1 aliphatic rings. The van der Waals surface area contributed by atoms with E-state index in [2.05, 4.69) is 49.6 Å². The smallest absolute Gasteiger partial charge is 0.0372 e. The average molecular weight is 221 g/mol. The summed E-state index contributed by atoms with van der Waals surface area (Å²) >= 11 is 2.06. The Morgan fingerprint density at radius 2 is 1.53 bits per heavy atom. The molecule has 0 unspecified atom stereocenters. The summed E-state index contributed by atoms with van der Waals surface area (Å²) in [7, 11) is 0. The van der Waals surface area contributed by atoms with Crippen molar-refractivity contribution in [2.75, 3.05) is 29.5 Å². The number of hydrogen-bond donors (Lipinski definition) is 0. The Balaban J connectivity index is 2.27. The van der Waals surface area contributed by atoms with Gasteiger partial charge in [0.15, 0.2) is 0 Å². The summed E-state index contributed by atoms with van der Waals surface area (Å²) in [6.07, 6.45) is 0. The Bertz CT molecular complexity index is 331. The van der Waals surface area contributed by atoms with Gasteiger partial charge in [-0.15, -0.1) is 0 Å². The third-order valence-electron chi connectivity index (χ3n) is 3.29. The maximum Gasteiger partial charge on any atom is 0.0372 e. The van der Waals surface area contributed by atoms with Crippen LogP contribution in [0.15, 0.2) is 12.1 Å². The van der Waals surface area contributed by atoms with E-state index < -0.39 is 0 Å². The summed E-state index contributed by atoms with van der Waals surface area (Å²) in [5.41, 5.74) is 5.69. The lowest BCUT2D eigenvalue weighted by molar-refractivity contribution is 0.856. The number of nitrogens with zero attached hydrogens (tertiary/aromatic N) is 1. The SMILES string of the molecule is Cc1cc(N2CCSCC2)cc(C)c1C. The molecule has 1 saturated heterocycles. The summed E-state index contributed by atoms with van der Waals surface area (Å²) in [6, 6.07) is 4.66. The highest BCUT2D eigenvalue weighted by Crippen LogP contribution is 2.24. The van der Waals surface area contributed by atoms with Gasteiger partial charge >= 0.3 is 0 Å². The molecule has 0 atom stereocenters. The minimum absolute atomic E-state index is 1.20. The Morgan fingerprint density at radius 1 is 1.00 bits per heavy atom. The lowest BCUT2D eigenvalue weighted by atomic mass is 10.0. The molecule has 1 aliphatic heterocycles. The van der Waals surface area contributed by atoms with Gasteiger partial charge in [0.25, 0.3) is 0 Å². The molecule has 0 radical (unpaired) electrons. The van der Waals surface area contributed by atoms with Crippen molar-refractivity contribution in [2.24, 2.45) is 0 Å². The molecule has 0 bridgehead atoms. The first-order chi connectivity index (χ1) is 7.18. The summed E-state index contributed by atoms with van der Waals surface area (Å²) < 4.78 is 0. The highest BCUT2D eigenvalue weighted by molar-refractivity contribution is 7.99. The van der Waals surface area contributed by atoms with E-state index in [-0.39, 0.29) is 0 Å². The molecule has 1 heterocycles. The van der Waals surface area contributed by atoms with Crippen LogP contribution in [0.1, 0.15) is 16.7 Å². The molecule has 0 amide bonds. The van der Waals surface area contributed by atoms with Crippen molar-refractivity contribution in [1.82, 2.24) is 0 Å². The monoisotopic (exact) mass is 221 g/mol. The Kier molecular flexibility index (Phi) is 3.25. The lowest BCUT2D eigenvalue weighted by Crippen LogP contribution is -2.32. The molecule has 2 rings (SSSR count). The molecular formula is C13H19NS. The molecule has 0 N–H and O–H groups in total. The molecule has 1 aromatic carbocycles. The summed E-state index contributed by atoms with van der Waals surface area (Å²) in [6.45, 7) is 9.04. The zero-order valence-electron chi connectivity index (χ0n) is 9.84. The summed E-state index contributed by atoms with van der Waals surface area (Å²) in [5, 5.41) is 0. The molecule has 0 spiro atoms. The molecule has 82 valence electrons. The average Bonchev–Trinajstić information content (AvgIpc) is 2.26. The quantitative estimate of drug-likeness (QED) is 0.716. The summed E-state index contributed by atoms with van der Waals surface area (Å²) in [5.74, 6) is 2.54. The van der Waals surface area contributed by atoms with Crippen LogP contribution in [0, 0.1) is 20.8 Å². The van der Waals surface area contributed by atoms with Crippen LogP contribution in [0.25, 0.3) is 0 Å². The van der Waals surface area contributed by atoms with Gasteiger partial charge in [-0.3, -0.25) is 0 Å². The van der Waals surface area contributed by atoms with Crippen LogP contribution in [-0.4, -0.2) is 24.6 Å². The van der Waals surface area contributed by atoms with Crippen molar-refractivity contribution in [3.8, 4) is 0 Å². The molecule has 15 heavy (non-hydrogen) atoms. The second-order valence-electron chi connectivity index (χ2n) is 4.30. The molecule has 1 nitrogen and oxygen atoms in total. The standard InChI is InChI=1S/C13H19NS/c1-10-8-13(9-11(2)12(10)3)14-4-6-15-7-5-14/h8-9H,4-7H2,1-3H3. The maximum atomic E-state index is 2.51. The van der Waals surface area contributed by atoms with Gasteiger partial charge < -0.3 is 4.90 Å². The highest BCUT2D eigenvalue weighted by atomic mass is 32.2. The van der Waals surface area contributed by atoms with Crippen molar-refractivity contribution < 1.29 is 0 Å². The van der Waals surface area contributed by atoms with Gasteiger partial charge in [0.2, 0.25) is 0 Å². The summed E-state index contributed by atoms with van der Waals surface area (Å²) in [4.78, 5) is 2.51. The number of rotatable bonds is 1. The van der Waals surface area contributed by atoms with E-state index in [0.717, 1.165) is 0 Å². The zero-order chi connectivity index (χ0) is 10.8. The van der Waals surface area contributed by atoms with Crippen molar-refractivity contribution in [3.63, 3.8) is 0 Å². The van der Waals surface area contributed by atoms with Crippen LogP contribution in [0.3, 0.4) is 0 Å². The van der Waals surface area contributed by atoms with Crippen LogP contribution < -0.4 is 4.90 Å². The van der Waals surface area contributed by atoms with Crippen molar-refractivity contribution in [3.05, 3.63) is 28.8 Å². The van der Waals surface area contributed by atoms with Gasteiger partial charge in [0.05, 0.1) is 0 Å².